The van der Waals surface area contributed by atoms with E-state index >= 15 is 0 Å². The summed E-state index contributed by atoms with van der Waals surface area (Å²) in [4.78, 5) is 28.3. The van der Waals surface area contributed by atoms with Gasteiger partial charge in [-0.05, 0) is 57.5 Å². The van der Waals surface area contributed by atoms with Gasteiger partial charge in [-0.1, -0.05) is 30.3 Å². The van der Waals surface area contributed by atoms with Crippen LogP contribution in [0, 0.1) is 0 Å². The minimum absolute atomic E-state index is 0.216. The van der Waals surface area contributed by atoms with E-state index in [-0.39, 0.29) is 12.3 Å². The molecule has 0 unspecified atom stereocenters. The lowest BCUT2D eigenvalue weighted by Gasteiger charge is -2.19. The van der Waals surface area contributed by atoms with Gasteiger partial charge in [0.05, 0.1) is 35.6 Å². The average Bonchev–Trinajstić information content (AvgIpc) is 2.77. The van der Waals surface area contributed by atoms with E-state index in [2.05, 4.69) is 27.5 Å². The van der Waals surface area contributed by atoms with E-state index in [0.29, 0.717) is 40.8 Å². The molecule has 2 aromatic rings. The van der Waals surface area contributed by atoms with E-state index in [9.17, 15) is 9.59 Å². The molecule has 0 spiro atoms. The van der Waals surface area contributed by atoms with Crippen molar-refractivity contribution in [3.63, 3.8) is 0 Å². The third-order valence-corrected chi connectivity index (χ3v) is 4.33. The number of benzene rings is 2. The fraction of sp³-hybridized carbons (Fsp3) is 0.292. The third-order valence-electron chi connectivity index (χ3n) is 4.09. The minimum atomic E-state index is -0.575. The van der Waals surface area contributed by atoms with Crippen molar-refractivity contribution >= 4 is 47.0 Å². The summed E-state index contributed by atoms with van der Waals surface area (Å²) in [5.41, 5.74) is 2.92. The van der Waals surface area contributed by atoms with Gasteiger partial charge in [0, 0.05) is 11.6 Å². The Labute approximate surface area is 209 Å². The van der Waals surface area contributed by atoms with Crippen molar-refractivity contribution in [1.82, 2.24) is 10.6 Å². The van der Waals surface area contributed by atoms with Crippen LogP contribution in [0.15, 0.2) is 59.7 Å². The van der Waals surface area contributed by atoms with Crippen molar-refractivity contribution in [1.29, 1.82) is 0 Å². The van der Waals surface area contributed by atoms with Crippen molar-refractivity contribution in [3.05, 3.63) is 59.8 Å². The van der Waals surface area contributed by atoms with Gasteiger partial charge in [-0.3, -0.25) is 15.7 Å². The smallest absolute Gasteiger partial charge is 0.407 e. The van der Waals surface area contributed by atoms with Gasteiger partial charge in [-0.15, -0.1) is 0 Å². The highest BCUT2D eigenvalue weighted by Crippen LogP contribution is 2.28. The summed E-state index contributed by atoms with van der Waals surface area (Å²) in [5, 5.41) is 17.4. The second-order valence-electron chi connectivity index (χ2n) is 8.26. The van der Waals surface area contributed by atoms with E-state index < -0.39 is 17.7 Å². The number of hydrogen-bond acceptors (Lipinski definition) is 7. The normalized spacial score (nSPS) is 11.0. The molecule has 0 fully saturated rings. The summed E-state index contributed by atoms with van der Waals surface area (Å²) in [6, 6.07) is 11.1. The Morgan fingerprint density at radius 2 is 1.91 bits per heavy atom. The molecule has 5 N–H and O–H groups in total. The lowest BCUT2D eigenvalue weighted by Crippen LogP contribution is -2.33. The van der Waals surface area contributed by atoms with Crippen LogP contribution in [0.3, 0.4) is 0 Å². The first kappa shape index (κ1) is 27.5. The number of halogens is 1. The number of nitrogens with one attached hydrogen (secondary N) is 4. The number of carbonyl (C=O) groups excluding carboxylic acids is 2. The van der Waals surface area contributed by atoms with Crippen LogP contribution in [0.4, 0.5) is 26.7 Å². The third kappa shape index (κ3) is 10.4. The molecule has 0 saturated heterocycles. The largest absolute Gasteiger partial charge is 0.491 e. The van der Waals surface area contributed by atoms with Crippen molar-refractivity contribution in [3.8, 4) is 5.75 Å². The number of ether oxygens (including phenoxy) is 2. The second kappa shape index (κ2) is 13.2. The molecule has 3 amide bonds. The number of allylic oxidation sites excluding steroid dienone is 1. The van der Waals surface area contributed by atoms with Gasteiger partial charge in [0.15, 0.2) is 0 Å². The molecule has 0 aromatic heterocycles. The van der Waals surface area contributed by atoms with Crippen LogP contribution < -0.4 is 26.2 Å². The van der Waals surface area contributed by atoms with E-state index in [1.54, 1.807) is 63.2 Å². The van der Waals surface area contributed by atoms with Crippen LogP contribution in [0.5, 0.6) is 5.75 Å². The van der Waals surface area contributed by atoms with Gasteiger partial charge < -0.3 is 25.4 Å². The van der Waals surface area contributed by atoms with Gasteiger partial charge >= 0.3 is 12.1 Å². The Bertz CT molecular complexity index is 1070. The molecule has 0 aliphatic carbocycles. The predicted molar refractivity (Wildman–Crippen MR) is 137 cm³/mol. The van der Waals surface area contributed by atoms with E-state index in [4.69, 9.17) is 26.3 Å². The molecule has 0 atom stereocenters. The van der Waals surface area contributed by atoms with Crippen LogP contribution in [0.2, 0.25) is 5.02 Å². The molecule has 35 heavy (non-hydrogen) atoms. The SMILES string of the molecule is C=C(C=Nc1ccccc1NO)NC(=O)Nc1cc(Cl)ccc1OCCCNC(=O)OC(C)(C)C. The number of hydrogen-bond donors (Lipinski definition) is 5. The molecule has 0 aliphatic rings. The zero-order valence-electron chi connectivity index (χ0n) is 19.9. The quantitative estimate of drug-likeness (QED) is 0.166. The lowest BCUT2D eigenvalue weighted by molar-refractivity contribution is 0.0525. The monoisotopic (exact) mass is 503 g/mol. The maximum Gasteiger partial charge on any atom is 0.407 e. The van der Waals surface area contributed by atoms with Crippen molar-refractivity contribution in [2.45, 2.75) is 32.8 Å². The molecule has 11 heteroatoms. The van der Waals surface area contributed by atoms with Gasteiger partial charge in [0.2, 0.25) is 0 Å². The maximum atomic E-state index is 12.4. The molecular formula is C24H30ClN5O5. The predicted octanol–water partition coefficient (Wildman–Crippen LogP) is 5.47. The topological polar surface area (TPSA) is 133 Å². The standard InChI is InChI=1S/C24H30ClN5O5/c1-16(15-27-18-8-5-6-9-19(18)30-33)28-22(31)29-20-14-17(25)10-11-21(20)34-13-7-12-26-23(32)35-24(2,3)4/h5-6,8-11,14-15,30,33H,1,7,12-13H2,2-4H3,(H,26,32)(H2,28,29,31). The van der Waals surface area contributed by atoms with Crippen molar-refractivity contribution in [2.75, 3.05) is 23.9 Å². The number of nitrogens with zero attached hydrogens (tertiary/aromatic N) is 1. The first-order valence-electron chi connectivity index (χ1n) is 10.8. The van der Waals surface area contributed by atoms with E-state index in [0.717, 1.165) is 0 Å². The number of aliphatic imine (C=N–C) groups is 1. The molecule has 2 aromatic carbocycles. The van der Waals surface area contributed by atoms with E-state index in [1.807, 2.05) is 5.48 Å². The van der Waals surface area contributed by atoms with Crippen molar-refractivity contribution < 1.29 is 24.3 Å². The maximum absolute atomic E-state index is 12.4. The van der Waals surface area contributed by atoms with Gasteiger partial charge in [0.1, 0.15) is 11.4 Å². The van der Waals surface area contributed by atoms with Gasteiger partial charge in [-0.25, -0.2) is 9.59 Å². The first-order chi connectivity index (χ1) is 16.6. The minimum Gasteiger partial charge on any atom is -0.491 e. The Hall–Kier alpha value is -3.76. The molecule has 0 heterocycles. The number of urea groups is 1. The molecule has 0 radical (unpaired) electrons. The second-order valence-corrected chi connectivity index (χ2v) is 8.70. The highest BCUT2D eigenvalue weighted by Gasteiger charge is 2.15. The molecule has 0 saturated carbocycles. The highest BCUT2D eigenvalue weighted by molar-refractivity contribution is 6.31. The molecule has 2 rings (SSSR count). The van der Waals surface area contributed by atoms with Crippen LogP contribution in [-0.2, 0) is 4.74 Å². The van der Waals surface area contributed by atoms with Gasteiger partial charge in [0.25, 0.3) is 0 Å². The average molecular weight is 504 g/mol. The molecular weight excluding hydrogens is 474 g/mol. The van der Waals surface area contributed by atoms with E-state index in [1.165, 1.54) is 6.21 Å². The summed E-state index contributed by atoms with van der Waals surface area (Å²) in [6.07, 6.45) is 1.37. The van der Waals surface area contributed by atoms with Crippen LogP contribution in [0.1, 0.15) is 27.2 Å². The fourth-order valence-electron chi connectivity index (χ4n) is 2.64. The van der Waals surface area contributed by atoms with Crippen LogP contribution in [-0.4, -0.2) is 42.3 Å². The fourth-order valence-corrected chi connectivity index (χ4v) is 2.82. The number of amides is 3. The van der Waals surface area contributed by atoms with Gasteiger partial charge in [-0.2, -0.15) is 0 Å². The highest BCUT2D eigenvalue weighted by atomic mass is 35.5. The summed E-state index contributed by atoms with van der Waals surface area (Å²) < 4.78 is 10.9. The van der Waals surface area contributed by atoms with Crippen molar-refractivity contribution in [2.24, 2.45) is 4.99 Å². The number of para-hydroxylation sites is 2. The zero-order valence-corrected chi connectivity index (χ0v) is 20.6. The lowest BCUT2D eigenvalue weighted by atomic mass is 10.2. The molecule has 0 bridgehead atoms. The molecule has 10 nitrogen and oxygen atoms in total. The summed E-state index contributed by atoms with van der Waals surface area (Å²) in [6.45, 7) is 9.76. The summed E-state index contributed by atoms with van der Waals surface area (Å²) in [7, 11) is 0. The first-order valence-corrected chi connectivity index (χ1v) is 11.1. The Balaban J connectivity index is 1.87. The number of alkyl carbamates (subject to hydrolysis) is 1. The molecule has 0 aliphatic heterocycles. The zero-order chi connectivity index (χ0) is 25.8. The summed E-state index contributed by atoms with van der Waals surface area (Å²) >= 11 is 6.07. The Morgan fingerprint density at radius 1 is 1.17 bits per heavy atom. The number of anilines is 2. The Morgan fingerprint density at radius 3 is 2.63 bits per heavy atom. The molecule has 188 valence electrons. The van der Waals surface area contributed by atoms with Crippen LogP contribution in [0.25, 0.3) is 0 Å². The number of carbonyl (C=O) groups is 2. The number of rotatable bonds is 10. The van der Waals surface area contributed by atoms with Crippen LogP contribution >= 0.6 is 11.6 Å². The Kier molecular flexibility index (Phi) is 10.4. The summed E-state index contributed by atoms with van der Waals surface area (Å²) in [5.74, 6) is 0.407.